The first-order chi connectivity index (χ1) is 17.5. The molecule has 1 aromatic heterocycles. The Kier molecular flexibility index (Phi) is 6.15. The lowest BCUT2D eigenvalue weighted by Crippen LogP contribution is -2.19. The zero-order valence-corrected chi connectivity index (χ0v) is 19.5. The number of nitrogens with one attached hydrogen (secondary N) is 3. The van der Waals surface area contributed by atoms with Crippen molar-refractivity contribution in [1.82, 2.24) is 4.98 Å². The molecule has 0 radical (unpaired) electrons. The van der Waals surface area contributed by atoms with Crippen molar-refractivity contribution >= 4 is 56.3 Å². The summed E-state index contributed by atoms with van der Waals surface area (Å²) in [6, 6.07) is 27.0. The fourth-order valence-corrected chi connectivity index (χ4v) is 4.03. The molecule has 3 N–H and O–H groups in total. The van der Waals surface area contributed by atoms with Crippen LogP contribution in [0.4, 0.5) is 33.2 Å². The van der Waals surface area contributed by atoms with E-state index < -0.39 is 4.92 Å². The van der Waals surface area contributed by atoms with E-state index in [1.807, 2.05) is 60.7 Å². The highest BCUT2D eigenvalue weighted by molar-refractivity contribution is 6.09. The third kappa shape index (κ3) is 4.78. The van der Waals surface area contributed by atoms with Gasteiger partial charge in [-0.25, -0.2) is 9.78 Å². The maximum atomic E-state index is 12.4. The normalized spacial score (nSPS) is 10.8. The van der Waals surface area contributed by atoms with E-state index >= 15 is 0 Å². The van der Waals surface area contributed by atoms with Gasteiger partial charge in [0.25, 0.3) is 5.69 Å². The van der Waals surface area contributed by atoms with Gasteiger partial charge in [-0.1, -0.05) is 37.3 Å². The third-order valence-corrected chi connectivity index (χ3v) is 5.91. The molecule has 4 aromatic carbocycles. The Labute approximate surface area is 207 Å². The number of aromatic nitrogens is 1. The smallest absolute Gasteiger partial charge is 0.323 e. The lowest BCUT2D eigenvalue weighted by atomic mass is 10.1. The Bertz CT molecular complexity index is 1580. The molecule has 1 heterocycles. The van der Waals surface area contributed by atoms with Gasteiger partial charge in [0.1, 0.15) is 0 Å². The lowest BCUT2D eigenvalue weighted by molar-refractivity contribution is -0.384. The van der Waals surface area contributed by atoms with Crippen LogP contribution in [-0.4, -0.2) is 15.9 Å². The summed E-state index contributed by atoms with van der Waals surface area (Å²) in [4.78, 5) is 27.8. The number of amides is 2. The van der Waals surface area contributed by atoms with E-state index in [2.05, 4.69) is 27.9 Å². The van der Waals surface area contributed by atoms with Gasteiger partial charge in [0.15, 0.2) is 0 Å². The van der Waals surface area contributed by atoms with E-state index in [0.717, 1.165) is 39.8 Å². The van der Waals surface area contributed by atoms with Crippen molar-refractivity contribution in [3.05, 3.63) is 107 Å². The van der Waals surface area contributed by atoms with E-state index in [9.17, 15) is 14.9 Å². The van der Waals surface area contributed by atoms with Gasteiger partial charge in [-0.05, 0) is 60.5 Å². The van der Waals surface area contributed by atoms with Crippen LogP contribution in [-0.2, 0) is 6.42 Å². The number of urea groups is 1. The van der Waals surface area contributed by atoms with Crippen LogP contribution in [0.3, 0.4) is 0 Å². The van der Waals surface area contributed by atoms with Crippen molar-refractivity contribution < 1.29 is 9.72 Å². The number of carbonyl (C=O) groups excluding carboxylic acids is 1. The Hall–Kier alpha value is -4.98. The number of non-ortho nitro benzene ring substituents is 1. The molecule has 36 heavy (non-hydrogen) atoms. The average molecular weight is 478 g/mol. The summed E-state index contributed by atoms with van der Waals surface area (Å²) < 4.78 is 0. The molecule has 0 saturated carbocycles. The number of nitrogens with zero attached hydrogens (tertiary/aromatic N) is 2. The fourth-order valence-electron chi connectivity index (χ4n) is 4.03. The van der Waals surface area contributed by atoms with E-state index in [-0.39, 0.29) is 11.7 Å². The number of pyridine rings is 1. The molecular formula is C28H23N5O3. The van der Waals surface area contributed by atoms with Crippen molar-refractivity contribution in [1.29, 1.82) is 0 Å². The summed E-state index contributed by atoms with van der Waals surface area (Å²) in [6.45, 7) is 2.08. The van der Waals surface area contributed by atoms with Crippen molar-refractivity contribution in [3.63, 3.8) is 0 Å². The number of carbonyl (C=O) groups is 1. The standard InChI is InChI=1S/C28H23N5O3/c1-2-18-7-9-20(10-8-18)30-28(34)31-21-13-11-19(12-14-21)29-27-23-5-3-4-6-25(23)32-26-17-22(33(35)36)15-16-24(26)27/h3-17H,2H2,1H3,(H,29,32)(H2,30,31,34). The molecule has 0 aliphatic carbocycles. The molecule has 0 spiro atoms. The second-order valence-corrected chi connectivity index (χ2v) is 8.29. The summed E-state index contributed by atoms with van der Waals surface area (Å²) in [7, 11) is 0. The van der Waals surface area contributed by atoms with Crippen molar-refractivity contribution in [2.24, 2.45) is 0 Å². The van der Waals surface area contributed by atoms with Gasteiger partial charge in [0.05, 0.1) is 21.6 Å². The minimum atomic E-state index is -0.425. The molecule has 0 fully saturated rings. The highest BCUT2D eigenvalue weighted by Crippen LogP contribution is 2.34. The number of anilines is 4. The Morgan fingerprint density at radius 1 is 0.806 bits per heavy atom. The third-order valence-electron chi connectivity index (χ3n) is 5.91. The van der Waals surface area contributed by atoms with Crippen LogP contribution in [0.15, 0.2) is 91.0 Å². The van der Waals surface area contributed by atoms with Crippen LogP contribution in [0.1, 0.15) is 12.5 Å². The van der Waals surface area contributed by atoms with Gasteiger partial charge in [-0.3, -0.25) is 10.1 Å². The number of hydrogen-bond donors (Lipinski definition) is 3. The summed E-state index contributed by atoms with van der Waals surface area (Å²) in [5, 5.41) is 22.0. The number of fused-ring (bicyclic) bond motifs is 2. The largest absolute Gasteiger partial charge is 0.354 e. The first kappa shape index (κ1) is 22.8. The second kappa shape index (κ2) is 9.71. The highest BCUT2D eigenvalue weighted by Gasteiger charge is 2.13. The Morgan fingerprint density at radius 2 is 1.42 bits per heavy atom. The number of nitro groups is 1. The number of benzene rings is 4. The molecule has 2 amide bonds. The van der Waals surface area contributed by atoms with Crippen LogP contribution in [0.2, 0.25) is 0 Å². The SMILES string of the molecule is CCc1ccc(NC(=O)Nc2ccc(Nc3c4ccccc4nc4cc([N+](=O)[O-])ccc34)cc2)cc1. The molecule has 5 rings (SSSR count). The molecule has 0 atom stereocenters. The molecule has 0 unspecified atom stereocenters. The number of para-hydroxylation sites is 1. The quantitative estimate of drug-likeness (QED) is 0.136. The first-order valence-corrected chi connectivity index (χ1v) is 11.5. The van der Waals surface area contributed by atoms with Crippen LogP contribution in [0.5, 0.6) is 0 Å². The fraction of sp³-hybridized carbons (Fsp3) is 0.0714. The predicted molar refractivity (Wildman–Crippen MR) is 144 cm³/mol. The molecule has 8 heteroatoms. The van der Waals surface area contributed by atoms with Gasteiger partial charge in [0.2, 0.25) is 0 Å². The van der Waals surface area contributed by atoms with E-state index in [1.54, 1.807) is 18.2 Å². The minimum absolute atomic E-state index is 0.00811. The lowest BCUT2D eigenvalue weighted by Gasteiger charge is -2.14. The summed E-state index contributed by atoms with van der Waals surface area (Å²) in [5.41, 5.74) is 5.43. The number of nitro benzene ring substituents is 1. The van der Waals surface area contributed by atoms with E-state index in [0.29, 0.717) is 11.2 Å². The Balaban J connectivity index is 1.37. The Morgan fingerprint density at radius 3 is 2.08 bits per heavy atom. The number of hydrogen-bond acceptors (Lipinski definition) is 5. The maximum Gasteiger partial charge on any atom is 0.323 e. The van der Waals surface area contributed by atoms with Crippen molar-refractivity contribution in [2.45, 2.75) is 13.3 Å². The van der Waals surface area contributed by atoms with Gasteiger partial charge < -0.3 is 16.0 Å². The van der Waals surface area contributed by atoms with Gasteiger partial charge in [-0.2, -0.15) is 0 Å². The first-order valence-electron chi connectivity index (χ1n) is 11.5. The molecule has 178 valence electrons. The summed E-state index contributed by atoms with van der Waals surface area (Å²) in [6.07, 6.45) is 0.942. The monoisotopic (exact) mass is 477 g/mol. The zero-order chi connectivity index (χ0) is 25.1. The molecule has 5 aromatic rings. The van der Waals surface area contributed by atoms with Crippen LogP contribution in [0, 0.1) is 10.1 Å². The minimum Gasteiger partial charge on any atom is -0.354 e. The van der Waals surface area contributed by atoms with Crippen LogP contribution >= 0.6 is 0 Å². The van der Waals surface area contributed by atoms with Crippen LogP contribution < -0.4 is 16.0 Å². The maximum absolute atomic E-state index is 12.4. The number of rotatable bonds is 6. The van der Waals surface area contributed by atoms with Gasteiger partial charge in [-0.15, -0.1) is 0 Å². The second-order valence-electron chi connectivity index (χ2n) is 8.29. The average Bonchev–Trinajstić information content (AvgIpc) is 2.89. The molecule has 0 aliphatic rings. The van der Waals surface area contributed by atoms with E-state index in [1.165, 1.54) is 17.7 Å². The van der Waals surface area contributed by atoms with Gasteiger partial charge >= 0.3 is 6.03 Å². The molecular weight excluding hydrogens is 454 g/mol. The molecule has 0 aliphatic heterocycles. The van der Waals surface area contributed by atoms with Gasteiger partial charge in [0, 0.05) is 40.0 Å². The summed E-state index contributed by atoms with van der Waals surface area (Å²) in [5.74, 6) is 0. The highest BCUT2D eigenvalue weighted by atomic mass is 16.6. The molecule has 0 bridgehead atoms. The van der Waals surface area contributed by atoms with Crippen molar-refractivity contribution in [2.75, 3.05) is 16.0 Å². The topological polar surface area (TPSA) is 109 Å². The van der Waals surface area contributed by atoms with E-state index in [4.69, 9.17) is 0 Å². The predicted octanol–water partition coefficient (Wildman–Crippen LogP) is 7.25. The van der Waals surface area contributed by atoms with Crippen molar-refractivity contribution in [3.8, 4) is 0 Å². The summed E-state index contributed by atoms with van der Waals surface area (Å²) >= 11 is 0. The zero-order valence-electron chi connectivity index (χ0n) is 19.5. The molecule has 8 nitrogen and oxygen atoms in total. The molecule has 0 saturated heterocycles. The number of aryl methyl sites for hydroxylation is 1. The van der Waals surface area contributed by atoms with Crippen LogP contribution in [0.25, 0.3) is 21.8 Å².